The molecule has 2 amide bonds. The zero-order valence-corrected chi connectivity index (χ0v) is 15.5. The van der Waals surface area contributed by atoms with Crippen LogP contribution in [0.3, 0.4) is 0 Å². The number of amides is 2. The molecule has 1 aliphatic heterocycles. The largest absolute Gasteiger partial charge is 0.342 e. The van der Waals surface area contributed by atoms with Crippen molar-refractivity contribution < 1.29 is 9.59 Å². The molecular weight excluding hydrogens is 328 g/mol. The molecule has 0 aliphatic carbocycles. The number of thiazole rings is 1. The molecule has 7 nitrogen and oxygen atoms in total. The molecule has 24 heavy (non-hydrogen) atoms. The highest BCUT2D eigenvalue weighted by molar-refractivity contribution is 7.07. The van der Waals surface area contributed by atoms with Crippen molar-refractivity contribution in [1.82, 2.24) is 19.3 Å². The van der Waals surface area contributed by atoms with Crippen molar-refractivity contribution >= 4 is 23.2 Å². The fraction of sp³-hybridized carbons (Fsp3) is 0.688. The van der Waals surface area contributed by atoms with Gasteiger partial charge in [-0.1, -0.05) is 11.3 Å². The van der Waals surface area contributed by atoms with Crippen LogP contribution in [-0.4, -0.2) is 76.9 Å². The summed E-state index contributed by atoms with van der Waals surface area (Å²) in [6.45, 7) is 10.3. The molecule has 1 saturated heterocycles. The van der Waals surface area contributed by atoms with Gasteiger partial charge in [0.05, 0.1) is 6.54 Å². The van der Waals surface area contributed by atoms with Crippen LogP contribution in [0.2, 0.25) is 0 Å². The molecule has 0 radical (unpaired) electrons. The van der Waals surface area contributed by atoms with Gasteiger partial charge in [0, 0.05) is 50.3 Å². The number of rotatable bonds is 6. The number of hydrogen-bond donors (Lipinski definition) is 0. The second-order valence-electron chi connectivity index (χ2n) is 5.95. The molecule has 134 valence electrons. The van der Waals surface area contributed by atoms with Gasteiger partial charge >= 0.3 is 4.87 Å². The Morgan fingerprint density at radius 3 is 2.25 bits per heavy atom. The summed E-state index contributed by atoms with van der Waals surface area (Å²) >= 11 is 1.12. The maximum Gasteiger partial charge on any atom is 0.307 e. The fourth-order valence-electron chi connectivity index (χ4n) is 2.85. The average Bonchev–Trinajstić information content (AvgIpc) is 2.88. The lowest BCUT2D eigenvalue weighted by atomic mass is 10.3. The van der Waals surface area contributed by atoms with Gasteiger partial charge < -0.3 is 9.80 Å². The van der Waals surface area contributed by atoms with E-state index in [1.807, 2.05) is 25.7 Å². The van der Waals surface area contributed by atoms with Crippen LogP contribution < -0.4 is 4.87 Å². The molecule has 0 N–H and O–H groups in total. The van der Waals surface area contributed by atoms with E-state index in [1.165, 1.54) is 4.57 Å². The van der Waals surface area contributed by atoms with Crippen LogP contribution >= 0.6 is 11.3 Å². The summed E-state index contributed by atoms with van der Waals surface area (Å²) in [4.78, 5) is 41.8. The Morgan fingerprint density at radius 1 is 1.12 bits per heavy atom. The molecule has 1 aliphatic rings. The number of nitrogens with zero attached hydrogens (tertiary/aromatic N) is 4. The van der Waals surface area contributed by atoms with E-state index in [0.717, 1.165) is 30.1 Å². The van der Waals surface area contributed by atoms with Crippen molar-refractivity contribution in [3.8, 4) is 0 Å². The van der Waals surface area contributed by atoms with E-state index in [0.29, 0.717) is 32.7 Å². The molecule has 0 atom stereocenters. The SMILES string of the molecule is CCN(CC)C(=O)CN1CCN(C(=O)Cn2c(C)csc2=O)CC1. The average molecular weight is 354 g/mol. The van der Waals surface area contributed by atoms with Crippen molar-refractivity contribution in [1.29, 1.82) is 0 Å². The minimum Gasteiger partial charge on any atom is -0.342 e. The summed E-state index contributed by atoms with van der Waals surface area (Å²) in [5.41, 5.74) is 0.821. The Morgan fingerprint density at radius 2 is 1.75 bits per heavy atom. The molecule has 2 rings (SSSR count). The Hall–Kier alpha value is -1.67. The van der Waals surface area contributed by atoms with Gasteiger partial charge in [0.25, 0.3) is 0 Å². The first-order valence-electron chi connectivity index (χ1n) is 8.39. The van der Waals surface area contributed by atoms with Crippen LogP contribution in [0, 0.1) is 6.92 Å². The number of aromatic nitrogens is 1. The molecule has 1 fully saturated rings. The number of piperazine rings is 1. The summed E-state index contributed by atoms with van der Waals surface area (Å²) in [5, 5.41) is 1.77. The van der Waals surface area contributed by atoms with Crippen molar-refractivity contribution in [2.45, 2.75) is 27.3 Å². The third kappa shape index (κ3) is 4.45. The zero-order chi connectivity index (χ0) is 17.7. The van der Waals surface area contributed by atoms with Gasteiger partial charge in [0.2, 0.25) is 11.8 Å². The minimum atomic E-state index is -0.0932. The highest BCUT2D eigenvalue weighted by atomic mass is 32.1. The standard InChI is InChI=1S/C16H26N4O3S/c1-4-18(5-2)14(21)10-17-6-8-19(9-7-17)15(22)11-20-13(3)12-24-16(20)23/h12H,4-11H2,1-3H3. The van der Waals surface area contributed by atoms with Crippen molar-refractivity contribution in [2.24, 2.45) is 0 Å². The van der Waals surface area contributed by atoms with E-state index >= 15 is 0 Å². The molecule has 0 aromatic carbocycles. The van der Waals surface area contributed by atoms with Crippen molar-refractivity contribution in [3.05, 3.63) is 20.7 Å². The number of carbonyl (C=O) groups is 2. The maximum atomic E-state index is 12.4. The van der Waals surface area contributed by atoms with Crippen molar-refractivity contribution in [2.75, 3.05) is 45.8 Å². The zero-order valence-electron chi connectivity index (χ0n) is 14.7. The highest BCUT2D eigenvalue weighted by Crippen LogP contribution is 2.06. The third-order valence-electron chi connectivity index (χ3n) is 4.47. The molecule has 1 aromatic rings. The first kappa shape index (κ1) is 18.7. The highest BCUT2D eigenvalue weighted by Gasteiger charge is 2.24. The van der Waals surface area contributed by atoms with Gasteiger partial charge in [0.15, 0.2) is 0 Å². The molecular formula is C16H26N4O3S. The third-order valence-corrected chi connectivity index (χ3v) is 5.35. The Balaban J connectivity index is 1.83. The van der Waals surface area contributed by atoms with Crippen LogP contribution in [0.1, 0.15) is 19.5 Å². The predicted octanol–water partition coefficient (Wildman–Crippen LogP) is 0.231. The number of carbonyl (C=O) groups excluding carboxylic acids is 2. The van der Waals surface area contributed by atoms with Crippen LogP contribution in [0.15, 0.2) is 10.2 Å². The van der Waals surface area contributed by atoms with E-state index in [-0.39, 0.29) is 23.2 Å². The van der Waals surface area contributed by atoms with E-state index in [9.17, 15) is 14.4 Å². The van der Waals surface area contributed by atoms with Gasteiger partial charge in [-0.05, 0) is 20.8 Å². The molecule has 2 heterocycles. The molecule has 1 aromatic heterocycles. The van der Waals surface area contributed by atoms with Crippen LogP contribution in [-0.2, 0) is 16.1 Å². The van der Waals surface area contributed by atoms with E-state index in [2.05, 4.69) is 4.90 Å². The number of likely N-dealkylation sites (N-methyl/N-ethyl adjacent to an activating group) is 1. The smallest absolute Gasteiger partial charge is 0.307 e. The summed E-state index contributed by atoms with van der Waals surface area (Å²) in [6, 6.07) is 0. The van der Waals surface area contributed by atoms with Crippen LogP contribution in [0.25, 0.3) is 0 Å². The Kier molecular flexibility index (Phi) is 6.56. The lowest BCUT2D eigenvalue weighted by molar-refractivity contribution is -0.135. The second kappa shape index (κ2) is 8.43. The molecule has 0 spiro atoms. The van der Waals surface area contributed by atoms with Gasteiger partial charge in [-0.15, -0.1) is 0 Å². The Labute approximate surface area is 146 Å². The molecule has 0 unspecified atom stereocenters. The summed E-state index contributed by atoms with van der Waals surface area (Å²) in [6.07, 6.45) is 0. The first-order valence-corrected chi connectivity index (χ1v) is 9.27. The normalized spacial score (nSPS) is 15.5. The lowest BCUT2D eigenvalue weighted by Crippen LogP contribution is -2.52. The second-order valence-corrected chi connectivity index (χ2v) is 6.77. The van der Waals surface area contributed by atoms with Crippen LogP contribution in [0.5, 0.6) is 0 Å². The van der Waals surface area contributed by atoms with E-state index < -0.39 is 0 Å². The Bertz CT molecular complexity index is 628. The fourth-order valence-corrected chi connectivity index (χ4v) is 3.59. The van der Waals surface area contributed by atoms with E-state index in [4.69, 9.17) is 0 Å². The topological polar surface area (TPSA) is 65.9 Å². The van der Waals surface area contributed by atoms with E-state index in [1.54, 1.807) is 10.3 Å². The van der Waals surface area contributed by atoms with Gasteiger partial charge in [0.1, 0.15) is 6.54 Å². The summed E-state index contributed by atoms with van der Waals surface area (Å²) < 4.78 is 1.52. The molecule has 0 saturated carbocycles. The number of hydrogen-bond acceptors (Lipinski definition) is 5. The first-order chi connectivity index (χ1) is 11.5. The van der Waals surface area contributed by atoms with Gasteiger partial charge in [-0.3, -0.25) is 23.9 Å². The quantitative estimate of drug-likeness (QED) is 0.734. The summed E-state index contributed by atoms with van der Waals surface area (Å²) in [7, 11) is 0. The monoisotopic (exact) mass is 354 g/mol. The van der Waals surface area contributed by atoms with Crippen molar-refractivity contribution in [3.63, 3.8) is 0 Å². The minimum absolute atomic E-state index is 0.0340. The van der Waals surface area contributed by atoms with Gasteiger partial charge in [-0.2, -0.15) is 0 Å². The maximum absolute atomic E-state index is 12.4. The summed E-state index contributed by atoms with van der Waals surface area (Å²) in [5.74, 6) is 0.105. The number of aryl methyl sites for hydroxylation is 1. The van der Waals surface area contributed by atoms with Gasteiger partial charge in [-0.25, -0.2) is 0 Å². The molecule has 0 bridgehead atoms. The lowest BCUT2D eigenvalue weighted by Gasteiger charge is -2.35. The predicted molar refractivity (Wildman–Crippen MR) is 94.3 cm³/mol. The van der Waals surface area contributed by atoms with Crippen LogP contribution in [0.4, 0.5) is 0 Å². The molecule has 8 heteroatoms.